The monoisotopic (exact) mass is 326 g/mol. The molecule has 1 aliphatic rings. The summed E-state index contributed by atoms with van der Waals surface area (Å²) in [6.45, 7) is 5.93. The highest BCUT2D eigenvalue weighted by atomic mass is 16.3. The molecule has 0 bridgehead atoms. The molecule has 0 spiro atoms. The Morgan fingerprint density at radius 1 is 1.17 bits per heavy atom. The first-order chi connectivity index (χ1) is 11.6. The highest BCUT2D eigenvalue weighted by Crippen LogP contribution is 2.25. The number of para-hydroxylation sites is 2. The Balaban J connectivity index is 1.50. The molecule has 0 aliphatic carbocycles. The molecule has 2 aromatic rings. The number of aromatic hydroxyl groups is 1. The van der Waals surface area contributed by atoms with Crippen LogP contribution in [0.3, 0.4) is 0 Å². The van der Waals surface area contributed by atoms with Crippen LogP contribution >= 0.6 is 0 Å². The second-order valence-electron chi connectivity index (χ2n) is 6.32. The number of phenolic OH excluding ortho intramolecular Hbond substituents is 1. The van der Waals surface area contributed by atoms with Gasteiger partial charge in [-0.1, -0.05) is 24.3 Å². The first kappa shape index (κ1) is 16.3. The van der Waals surface area contributed by atoms with Gasteiger partial charge in [-0.15, -0.1) is 0 Å². The van der Waals surface area contributed by atoms with Crippen LogP contribution in [-0.4, -0.2) is 43.7 Å². The van der Waals surface area contributed by atoms with Crippen molar-refractivity contribution < 1.29 is 14.8 Å². The summed E-state index contributed by atoms with van der Waals surface area (Å²) < 4.78 is 0. The van der Waals surface area contributed by atoms with Gasteiger partial charge in [0.15, 0.2) is 6.54 Å². The van der Waals surface area contributed by atoms with Crippen molar-refractivity contribution in [3.63, 3.8) is 0 Å². The first-order valence-corrected chi connectivity index (χ1v) is 8.35. The second-order valence-corrected chi connectivity index (χ2v) is 6.32. The summed E-state index contributed by atoms with van der Waals surface area (Å²) in [5, 5.41) is 12.9. The van der Waals surface area contributed by atoms with E-state index in [0.29, 0.717) is 12.3 Å². The number of carbonyl (C=O) groups excluding carboxylic acids is 1. The smallest absolute Gasteiger partial charge is 0.279 e. The molecule has 0 aromatic heterocycles. The number of aryl methyl sites for hydroxylation is 1. The van der Waals surface area contributed by atoms with Gasteiger partial charge >= 0.3 is 0 Å². The van der Waals surface area contributed by atoms with Crippen LogP contribution in [-0.2, 0) is 4.79 Å². The number of carbonyl (C=O) groups is 1. The molecule has 1 aliphatic heterocycles. The standard InChI is InChI=1S/C19H23N3O2/c1-15-5-4-6-16(13-15)20-19(24)14-21-9-11-22(12-10-21)17-7-2-3-8-18(17)23/h2-8,13,23H,9-12,14H2,1H3,(H,20,24)/p+1. The van der Waals surface area contributed by atoms with Crippen molar-refractivity contribution in [3.8, 4) is 5.75 Å². The van der Waals surface area contributed by atoms with Gasteiger partial charge in [0, 0.05) is 5.69 Å². The number of piperazine rings is 1. The molecule has 5 nitrogen and oxygen atoms in total. The summed E-state index contributed by atoms with van der Waals surface area (Å²) in [7, 11) is 0. The zero-order valence-corrected chi connectivity index (χ0v) is 14.0. The molecule has 3 rings (SSSR count). The van der Waals surface area contributed by atoms with Crippen LogP contribution in [0.5, 0.6) is 5.75 Å². The molecule has 1 fully saturated rings. The second kappa shape index (κ2) is 7.36. The minimum Gasteiger partial charge on any atom is -0.506 e. The van der Waals surface area contributed by atoms with Gasteiger partial charge in [-0.05, 0) is 36.8 Å². The summed E-state index contributed by atoms with van der Waals surface area (Å²) >= 11 is 0. The lowest BCUT2D eigenvalue weighted by molar-refractivity contribution is -0.892. The Kier molecular flexibility index (Phi) is 5.01. The number of hydrogen-bond donors (Lipinski definition) is 3. The Morgan fingerprint density at radius 2 is 1.92 bits per heavy atom. The largest absolute Gasteiger partial charge is 0.506 e. The normalized spacial score (nSPS) is 15.3. The molecule has 0 saturated carbocycles. The third-order valence-corrected chi connectivity index (χ3v) is 4.41. The number of anilines is 2. The van der Waals surface area contributed by atoms with Gasteiger partial charge in [-0.2, -0.15) is 0 Å². The fourth-order valence-corrected chi connectivity index (χ4v) is 3.13. The van der Waals surface area contributed by atoms with E-state index in [1.807, 2.05) is 49.4 Å². The fraction of sp³-hybridized carbons (Fsp3) is 0.316. The van der Waals surface area contributed by atoms with Crippen LogP contribution in [0.2, 0.25) is 0 Å². The zero-order chi connectivity index (χ0) is 16.9. The third-order valence-electron chi connectivity index (χ3n) is 4.41. The molecule has 0 radical (unpaired) electrons. The van der Waals surface area contributed by atoms with Crippen molar-refractivity contribution in [3.05, 3.63) is 54.1 Å². The SMILES string of the molecule is Cc1cccc(NC(=O)C[NH+]2CCN(c3ccccc3O)CC2)c1. The molecular weight excluding hydrogens is 302 g/mol. The van der Waals surface area contributed by atoms with E-state index < -0.39 is 0 Å². The Hall–Kier alpha value is -2.53. The zero-order valence-electron chi connectivity index (χ0n) is 14.0. The Morgan fingerprint density at radius 3 is 2.62 bits per heavy atom. The molecule has 5 heteroatoms. The number of benzene rings is 2. The van der Waals surface area contributed by atoms with Crippen molar-refractivity contribution >= 4 is 17.3 Å². The highest BCUT2D eigenvalue weighted by Gasteiger charge is 2.23. The molecule has 0 unspecified atom stereocenters. The molecule has 1 amide bonds. The molecule has 1 saturated heterocycles. The minimum absolute atomic E-state index is 0.0478. The van der Waals surface area contributed by atoms with E-state index in [1.54, 1.807) is 6.07 Å². The van der Waals surface area contributed by atoms with E-state index in [4.69, 9.17) is 0 Å². The quantitative estimate of drug-likeness (QED) is 0.787. The summed E-state index contributed by atoms with van der Waals surface area (Å²) in [6, 6.07) is 15.3. The van der Waals surface area contributed by atoms with Crippen LogP contribution in [0.15, 0.2) is 48.5 Å². The van der Waals surface area contributed by atoms with Gasteiger partial charge in [-0.25, -0.2) is 0 Å². The Bertz CT molecular complexity index is 709. The van der Waals surface area contributed by atoms with Gasteiger partial charge in [-0.3, -0.25) is 4.79 Å². The van der Waals surface area contributed by atoms with Gasteiger partial charge in [0.25, 0.3) is 5.91 Å². The van der Waals surface area contributed by atoms with E-state index >= 15 is 0 Å². The van der Waals surface area contributed by atoms with Crippen molar-refractivity contribution in [1.29, 1.82) is 0 Å². The average molecular weight is 326 g/mol. The third kappa shape index (κ3) is 4.06. The van der Waals surface area contributed by atoms with Crippen molar-refractivity contribution in [1.82, 2.24) is 0 Å². The maximum atomic E-state index is 12.2. The first-order valence-electron chi connectivity index (χ1n) is 8.35. The molecule has 126 valence electrons. The average Bonchev–Trinajstić information content (AvgIpc) is 2.56. The predicted molar refractivity (Wildman–Crippen MR) is 95.7 cm³/mol. The molecular formula is C19H24N3O2+. The summed E-state index contributed by atoms with van der Waals surface area (Å²) in [5.74, 6) is 0.366. The van der Waals surface area contributed by atoms with E-state index in [9.17, 15) is 9.90 Å². The number of quaternary nitrogens is 1. The summed E-state index contributed by atoms with van der Waals surface area (Å²) in [6.07, 6.45) is 0. The molecule has 1 heterocycles. The van der Waals surface area contributed by atoms with E-state index in [2.05, 4.69) is 10.2 Å². The maximum Gasteiger partial charge on any atom is 0.279 e. The van der Waals surface area contributed by atoms with Crippen molar-refractivity contribution in [2.24, 2.45) is 0 Å². The van der Waals surface area contributed by atoms with Gasteiger partial charge in [0.1, 0.15) is 5.75 Å². The van der Waals surface area contributed by atoms with E-state index in [-0.39, 0.29) is 5.91 Å². The topological polar surface area (TPSA) is 57.0 Å². The summed E-state index contributed by atoms with van der Waals surface area (Å²) in [4.78, 5) is 15.7. The number of rotatable bonds is 4. The van der Waals surface area contributed by atoms with Crippen LogP contribution < -0.4 is 15.1 Å². The van der Waals surface area contributed by atoms with E-state index in [1.165, 1.54) is 4.90 Å². The lowest BCUT2D eigenvalue weighted by Gasteiger charge is -2.33. The van der Waals surface area contributed by atoms with Crippen molar-refractivity contribution in [2.75, 3.05) is 42.9 Å². The van der Waals surface area contributed by atoms with Gasteiger partial charge < -0.3 is 20.2 Å². The highest BCUT2D eigenvalue weighted by molar-refractivity contribution is 5.91. The lowest BCUT2D eigenvalue weighted by atomic mass is 10.2. The van der Waals surface area contributed by atoms with E-state index in [0.717, 1.165) is 43.1 Å². The molecule has 0 atom stereocenters. The number of phenols is 1. The van der Waals surface area contributed by atoms with Crippen LogP contribution in [0.25, 0.3) is 0 Å². The molecule has 3 N–H and O–H groups in total. The van der Waals surface area contributed by atoms with Crippen LogP contribution in [0, 0.1) is 6.92 Å². The number of nitrogens with zero attached hydrogens (tertiary/aromatic N) is 1. The van der Waals surface area contributed by atoms with Crippen LogP contribution in [0.4, 0.5) is 11.4 Å². The molecule has 24 heavy (non-hydrogen) atoms. The number of nitrogens with one attached hydrogen (secondary N) is 2. The number of hydrogen-bond acceptors (Lipinski definition) is 3. The lowest BCUT2D eigenvalue weighted by Crippen LogP contribution is -3.15. The minimum atomic E-state index is 0.0478. The maximum absolute atomic E-state index is 12.2. The predicted octanol–water partition coefficient (Wildman–Crippen LogP) is 1.04. The fourth-order valence-electron chi connectivity index (χ4n) is 3.13. The number of amides is 1. The summed E-state index contributed by atoms with van der Waals surface area (Å²) in [5.41, 5.74) is 2.87. The van der Waals surface area contributed by atoms with Gasteiger partial charge in [0.05, 0.1) is 31.9 Å². The Labute approximate surface area is 142 Å². The van der Waals surface area contributed by atoms with Gasteiger partial charge in [0.2, 0.25) is 0 Å². The van der Waals surface area contributed by atoms with Crippen molar-refractivity contribution in [2.45, 2.75) is 6.92 Å². The van der Waals surface area contributed by atoms with Crippen LogP contribution in [0.1, 0.15) is 5.56 Å². The molecule has 2 aromatic carbocycles.